The summed E-state index contributed by atoms with van der Waals surface area (Å²) >= 11 is 0. The van der Waals surface area contributed by atoms with Gasteiger partial charge in [0.15, 0.2) is 5.82 Å². The molecule has 0 saturated heterocycles. The van der Waals surface area contributed by atoms with Gasteiger partial charge >= 0.3 is 0 Å². The molecule has 4 nitrogen and oxygen atoms in total. The van der Waals surface area contributed by atoms with Crippen LogP contribution in [-0.2, 0) is 6.54 Å². The second-order valence-corrected chi connectivity index (χ2v) is 7.76. The molecular formula is C23H25F2N3O. The van der Waals surface area contributed by atoms with Crippen molar-refractivity contribution < 1.29 is 13.3 Å². The van der Waals surface area contributed by atoms with Crippen molar-refractivity contribution in [2.24, 2.45) is 5.92 Å². The van der Waals surface area contributed by atoms with Gasteiger partial charge in [0.25, 0.3) is 0 Å². The van der Waals surface area contributed by atoms with Gasteiger partial charge in [-0.1, -0.05) is 38.1 Å². The van der Waals surface area contributed by atoms with Crippen molar-refractivity contribution in [2.45, 2.75) is 41.2 Å². The number of hydrogen-bond acceptors (Lipinski definition) is 3. The summed E-state index contributed by atoms with van der Waals surface area (Å²) in [6, 6.07) is 9.62. The Kier molecular flexibility index (Phi) is 6.11. The van der Waals surface area contributed by atoms with Crippen molar-refractivity contribution in [3.63, 3.8) is 0 Å². The lowest BCUT2D eigenvalue weighted by molar-refractivity contribution is 0.393. The van der Waals surface area contributed by atoms with Gasteiger partial charge in [0, 0.05) is 12.1 Å². The molecule has 2 aromatic heterocycles. The largest absolute Gasteiger partial charge is 0.361 e. The Labute approximate surface area is 169 Å². The lowest BCUT2D eigenvalue weighted by Crippen LogP contribution is -1.99. The second-order valence-electron chi connectivity index (χ2n) is 7.76. The first-order valence-electron chi connectivity index (χ1n) is 9.58. The van der Waals surface area contributed by atoms with Gasteiger partial charge in [-0.25, -0.2) is 13.8 Å². The summed E-state index contributed by atoms with van der Waals surface area (Å²) in [5.74, 6) is 0.752. The monoisotopic (exact) mass is 397 g/mol. The minimum absolute atomic E-state index is 0.284. The average molecular weight is 397 g/mol. The summed E-state index contributed by atoms with van der Waals surface area (Å²) in [5, 5.41) is 3.93. The molecule has 0 aliphatic rings. The molecule has 0 aliphatic carbocycles. The fourth-order valence-electron chi connectivity index (χ4n) is 3.12. The highest BCUT2D eigenvalue weighted by molar-refractivity contribution is 5.83. The van der Waals surface area contributed by atoms with Crippen LogP contribution in [0.2, 0.25) is 0 Å². The zero-order valence-corrected chi connectivity index (χ0v) is 17.3. The van der Waals surface area contributed by atoms with E-state index < -0.39 is 5.82 Å². The first-order chi connectivity index (χ1) is 13.8. The van der Waals surface area contributed by atoms with Crippen LogP contribution in [0, 0.1) is 31.4 Å². The highest BCUT2D eigenvalue weighted by atomic mass is 19.1. The quantitative estimate of drug-likeness (QED) is 0.408. The first kappa shape index (κ1) is 20.7. The van der Waals surface area contributed by atoms with E-state index in [9.17, 15) is 8.78 Å². The van der Waals surface area contributed by atoms with Gasteiger partial charge in [-0.05, 0) is 55.2 Å². The predicted molar refractivity (Wildman–Crippen MR) is 111 cm³/mol. The van der Waals surface area contributed by atoms with Gasteiger partial charge in [0.2, 0.25) is 0 Å². The summed E-state index contributed by atoms with van der Waals surface area (Å²) in [6.45, 7) is 10.5. The van der Waals surface area contributed by atoms with Crippen molar-refractivity contribution in [3.05, 3.63) is 71.4 Å². The minimum atomic E-state index is -0.412. The van der Waals surface area contributed by atoms with Crippen LogP contribution in [0.5, 0.6) is 0 Å². The Morgan fingerprint density at radius 2 is 1.79 bits per heavy atom. The van der Waals surface area contributed by atoms with E-state index in [0.29, 0.717) is 29.1 Å². The van der Waals surface area contributed by atoms with Crippen molar-refractivity contribution in [2.75, 3.05) is 0 Å². The number of fused-ring (bicyclic) bond motifs is 1. The maximum absolute atomic E-state index is 14.5. The van der Waals surface area contributed by atoms with Crippen molar-refractivity contribution in [1.29, 1.82) is 0 Å². The SMILES string of the molecule is CC(C)C.Cc1noc(C)c1-c1cc(F)c2ncn(Cc3cccc(F)c3)c2c1. The lowest BCUT2D eigenvalue weighted by Gasteiger charge is -2.07. The molecular weight excluding hydrogens is 372 g/mol. The van der Waals surface area contributed by atoms with E-state index >= 15 is 0 Å². The zero-order valence-electron chi connectivity index (χ0n) is 17.3. The number of imidazole rings is 1. The normalized spacial score (nSPS) is 11.0. The number of hydrogen-bond donors (Lipinski definition) is 0. The lowest BCUT2D eigenvalue weighted by atomic mass is 10.0. The molecule has 0 spiro atoms. The number of benzene rings is 2. The maximum atomic E-state index is 14.5. The van der Waals surface area contributed by atoms with Crippen LogP contribution in [0.3, 0.4) is 0 Å². The Bertz CT molecular complexity index is 1110. The number of aryl methyl sites for hydroxylation is 2. The summed E-state index contributed by atoms with van der Waals surface area (Å²) in [5.41, 5.74) is 3.86. The van der Waals surface area contributed by atoms with Crippen molar-refractivity contribution >= 4 is 11.0 Å². The molecule has 0 bridgehead atoms. The molecule has 0 atom stereocenters. The van der Waals surface area contributed by atoms with E-state index in [2.05, 4.69) is 30.9 Å². The van der Waals surface area contributed by atoms with Crippen molar-refractivity contribution in [3.8, 4) is 11.1 Å². The van der Waals surface area contributed by atoms with Crippen LogP contribution in [0.25, 0.3) is 22.2 Å². The van der Waals surface area contributed by atoms with E-state index in [0.717, 1.165) is 17.0 Å². The maximum Gasteiger partial charge on any atom is 0.151 e. The molecule has 0 N–H and O–H groups in total. The molecule has 2 aromatic carbocycles. The van der Waals surface area contributed by atoms with Gasteiger partial charge in [0.1, 0.15) is 17.1 Å². The fourth-order valence-corrected chi connectivity index (χ4v) is 3.12. The third-order valence-corrected chi connectivity index (χ3v) is 4.24. The van der Waals surface area contributed by atoms with Crippen LogP contribution < -0.4 is 0 Å². The fraction of sp³-hybridized carbons (Fsp3) is 0.304. The van der Waals surface area contributed by atoms with Gasteiger partial charge in [-0.2, -0.15) is 0 Å². The molecule has 2 heterocycles. The van der Waals surface area contributed by atoms with Crippen LogP contribution in [0.4, 0.5) is 8.78 Å². The smallest absolute Gasteiger partial charge is 0.151 e. The molecule has 0 saturated carbocycles. The van der Waals surface area contributed by atoms with Crippen LogP contribution in [-0.4, -0.2) is 14.7 Å². The third kappa shape index (κ3) is 4.70. The van der Waals surface area contributed by atoms with Crippen LogP contribution in [0.15, 0.2) is 47.2 Å². The van der Waals surface area contributed by atoms with E-state index in [1.165, 1.54) is 18.2 Å². The molecule has 152 valence electrons. The standard InChI is InChI=1S/C19H15F2N3O.C4H10/c1-11-18(12(2)25-23-11)14-7-16(21)19-17(8-14)24(10-22-19)9-13-4-3-5-15(20)6-13;1-4(2)3/h3-8,10H,9H2,1-2H3;4H,1-3H3. The Morgan fingerprint density at radius 1 is 1.07 bits per heavy atom. The van der Waals surface area contributed by atoms with Gasteiger partial charge in [-0.3, -0.25) is 0 Å². The topological polar surface area (TPSA) is 43.9 Å². The molecule has 0 unspecified atom stereocenters. The summed E-state index contributed by atoms with van der Waals surface area (Å²) in [7, 11) is 0. The highest BCUT2D eigenvalue weighted by Gasteiger charge is 2.16. The predicted octanol–water partition coefficient (Wildman–Crippen LogP) is 6.30. The first-order valence-corrected chi connectivity index (χ1v) is 9.58. The van der Waals surface area contributed by atoms with E-state index in [1.54, 1.807) is 23.9 Å². The molecule has 0 radical (unpaired) electrons. The summed E-state index contributed by atoms with van der Waals surface area (Å²) < 4.78 is 34.9. The van der Waals surface area contributed by atoms with Crippen molar-refractivity contribution in [1.82, 2.24) is 14.7 Å². The average Bonchev–Trinajstić information content (AvgIpc) is 3.18. The minimum Gasteiger partial charge on any atom is -0.361 e. The molecule has 6 heteroatoms. The Hall–Kier alpha value is -3.02. The number of rotatable bonds is 3. The molecule has 0 amide bonds. The summed E-state index contributed by atoms with van der Waals surface area (Å²) in [4.78, 5) is 4.16. The highest BCUT2D eigenvalue weighted by Crippen LogP contribution is 2.31. The molecule has 0 fully saturated rings. The van der Waals surface area contributed by atoms with Gasteiger partial charge < -0.3 is 9.09 Å². The van der Waals surface area contributed by atoms with E-state index in [1.807, 2.05) is 19.1 Å². The number of nitrogens with zero attached hydrogens (tertiary/aromatic N) is 3. The molecule has 4 rings (SSSR count). The van der Waals surface area contributed by atoms with E-state index in [-0.39, 0.29) is 11.3 Å². The van der Waals surface area contributed by atoms with Crippen LogP contribution >= 0.6 is 0 Å². The number of halogens is 2. The summed E-state index contributed by atoms with van der Waals surface area (Å²) in [6.07, 6.45) is 1.57. The van der Waals surface area contributed by atoms with E-state index in [4.69, 9.17) is 4.52 Å². The zero-order chi connectivity index (χ0) is 21.1. The second kappa shape index (κ2) is 8.55. The molecule has 29 heavy (non-hydrogen) atoms. The Morgan fingerprint density at radius 3 is 2.41 bits per heavy atom. The van der Waals surface area contributed by atoms with Crippen LogP contribution in [0.1, 0.15) is 37.8 Å². The van der Waals surface area contributed by atoms with Gasteiger partial charge in [0.05, 0.1) is 17.5 Å². The Balaban J connectivity index is 0.000000552. The van der Waals surface area contributed by atoms with Gasteiger partial charge in [-0.15, -0.1) is 0 Å². The molecule has 4 aromatic rings. The third-order valence-electron chi connectivity index (χ3n) is 4.24. The molecule has 0 aliphatic heterocycles. The number of aromatic nitrogens is 3.